The highest BCUT2D eigenvalue weighted by Gasteiger charge is 2.45. The maximum Gasteiger partial charge on any atom is 0.408 e. The Hall–Kier alpha value is -2.46. The van der Waals surface area contributed by atoms with E-state index in [1.54, 1.807) is 0 Å². The number of hydrogen-bond acceptors (Lipinski definition) is 4. The zero-order valence-corrected chi connectivity index (χ0v) is 18.2. The minimum absolute atomic E-state index is 0.111. The van der Waals surface area contributed by atoms with E-state index in [9.17, 15) is 27.1 Å². The standard InChI is InChI=1S/C19H16ClS.C2H2F2O5S/c20-15-16-9-7-8-14-19(16)21(17-10-3-1-4-11-17)18-12-5-2-6-13-18;3-2(4,1(5)6)10(7,8)9/h1-14H,15H2;(H,5,6)(H,7,8,9)/q+1;/p-1. The third kappa shape index (κ3) is 6.27. The first-order valence-electron chi connectivity index (χ1n) is 8.64. The van der Waals surface area contributed by atoms with Crippen molar-refractivity contribution in [2.75, 3.05) is 0 Å². The SMILES string of the molecule is ClCc1ccccc1[S+](c1ccccc1)c1ccccc1.O=C([O-])C(F)(F)S(=O)(=O)O. The fraction of sp³-hybridized carbons (Fsp3) is 0.0952. The van der Waals surface area contributed by atoms with Gasteiger partial charge in [0.1, 0.15) is 5.97 Å². The number of carboxylic acid groups (broad SMARTS) is 1. The van der Waals surface area contributed by atoms with Crippen molar-refractivity contribution in [3.8, 4) is 0 Å². The molecule has 0 saturated carbocycles. The molecule has 0 atom stereocenters. The van der Waals surface area contributed by atoms with Gasteiger partial charge in [-0.25, -0.2) is 0 Å². The molecule has 0 radical (unpaired) electrons. The highest BCUT2D eigenvalue weighted by molar-refractivity contribution is 7.97. The van der Waals surface area contributed by atoms with Crippen molar-refractivity contribution < 1.29 is 31.7 Å². The van der Waals surface area contributed by atoms with Crippen LogP contribution >= 0.6 is 11.6 Å². The second-order valence-corrected chi connectivity index (χ2v) is 9.68. The molecular weight excluding hydrogens is 470 g/mol. The lowest BCUT2D eigenvalue weighted by atomic mass is 10.2. The average Bonchev–Trinajstić information content (AvgIpc) is 2.75. The summed E-state index contributed by atoms with van der Waals surface area (Å²) in [4.78, 5) is 13.2. The number of rotatable bonds is 6. The molecule has 0 aliphatic rings. The molecule has 164 valence electrons. The summed E-state index contributed by atoms with van der Waals surface area (Å²) >= 11 is 6.16. The number of alkyl halides is 3. The number of carbonyl (C=O) groups is 1. The first kappa shape index (κ1) is 24.8. The van der Waals surface area contributed by atoms with Crippen molar-refractivity contribution in [1.29, 1.82) is 0 Å². The van der Waals surface area contributed by atoms with Crippen LogP contribution in [0.15, 0.2) is 99.6 Å². The van der Waals surface area contributed by atoms with E-state index in [1.807, 2.05) is 0 Å². The molecule has 0 unspecified atom stereocenters. The van der Waals surface area contributed by atoms with Gasteiger partial charge in [0.25, 0.3) is 0 Å². The number of carbonyl (C=O) groups excluding carboxylic acids is 1. The highest BCUT2D eigenvalue weighted by Crippen LogP contribution is 2.33. The molecule has 3 aromatic carbocycles. The van der Waals surface area contributed by atoms with Gasteiger partial charge in [-0.05, 0) is 30.3 Å². The van der Waals surface area contributed by atoms with Gasteiger partial charge in [-0.3, -0.25) is 4.55 Å². The van der Waals surface area contributed by atoms with Crippen LogP contribution in [-0.4, -0.2) is 24.2 Å². The Kier molecular flexibility index (Phi) is 8.58. The van der Waals surface area contributed by atoms with Crippen LogP contribution in [0.5, 0.6) is 0 Å². The summed E-state index contributed by atoms with van der Waals surface area (Å²) in [6.45, 7) is 0. The highest BCUT2D eigenvalue weighted by atomic mass is 35.5. The van der Waals surface area contributed by atoms with E-state index in [2.05, 4.69) is 84.9 Å². The molecule has 0 aromatic heterocycles. The Morgan fingerprint density at radius 1 is 0.903 bits per heavy atom. The van der Waals surface area contributed by atoms with E-state index < -0.39 is 21.3 Å². The predicted molar refractivity (Wildman–Crippen MR) is 113 cm³/mol. The lowest BCUT2D eigenvalue weighted by Crippen LogP contribution is -2.46. The molecule has 0 aliphatic carbocycles. The van der Waals surface area contributed by atoms with E-state index in [0.717, 1.165) is 0 Å². The molecule has 0 bridgehead atoms. The molecule has 10 heteroatoms. The molecule has 0 aliphatic heterocycles. The van der Waals surface area contributed by atoms with Crippen LogP contribution in [0.25, 0.3) is 0 Å². The van der Waals surface area contributed by atoms with Crippen LogP contribution in [0.3, 0.4) is 0 Å². The summed E-state index contributed by atoms with van der Waals surface area (Å²) in [5.74, 6) is -2.62. The molecule has 31 heavy (non-hydrogen) atoms. The Balaban J connectivity index is 0.000000291. The van der Waals surface area contributed by atoms with E-state index in [4.69, 9.17) is 16.2 Å². The normalized spacial score (nSPS) is 11.5. The van der Waals surface area contributed by atoms with Gasteiger partial charge in [0.2, 0.25) is 0 Å². The largest absolute Gasteiger partial charge is 0.543 e. The van der Waals surface area contributed by atoms with Crippen LogP contribution in [-0.2, 0) is 31.7 Å². The molecular formula is C21H17ClF2O5S2. The third-order valence-electron chi connectivity index (χ3n) is 3.86. The fourth-order valence-electron chi connectivity index (χ4n) is 2.42. The van der Waals surface area contributed by atoms with Crippen molar-refractivity contribution in [2.45, 2.75) is 25.8 Å². The van der Waals surface area contributed by atoms with Crippen LogP contribution < -0.4 is 5.11 Å². The second-order valence-electron chi connectivity index (χ2n) is 5.95. The summed E-state index contributed by atoms with van der Waals surface area (Å²) in [6, 6.07) is 29.8. The van der Waals surface area contributed by atoms with E-state index >= 15 is 0 Å². The number of carboxylic acids is 1. The van der Waals surface area contributed by atoms with Crippen LogP contribution in [0.1, 0.15) is 5.56 Å². The summed E-state index contributed by atoms with van der Waals surface area (Å²) < 4.78 is 49.6. The van der Waals surface area contributed by atoms with Gasteiger partial charge in [-0.15, -0.1) is 11.6 Å². The molecule has 0 spiro atoms. The van der Waals surface area contributed by atoms with Gasteiger partial charge in [0, 0.05) is 5.56 Å². The quantitative estimate of drug-likeness (QED) is 0.325. The Bertz CT molecular complexity index is 1070. The van der Waals surface area contributed by atoms with Crippen LogP contribution in [0.4, 0.5) is 8.78 Å². The summed E-state index contributed by atoms with van der Waals surface area (Å²) in [6.07, 6.45) is 0. The summed E-state index contributed by atoms with van der Waals surface area (Å²) in [5.41, 5.74) is 1.20. The van der Waals surface area contributed by atoms with Crippen molar-refractivity contribution in [3.63, 3.8) is 0 Å². The van der Waals surface area contributed by atoms with E-state index in [0.29, 0.717) is 5.88 Å². The minimum Gasteiger partial charge on any atom is -0.543 e. The number of benzene rings is 3. The molecule has 0 heterocycles. The van der Waals surface area contributed by atoms with Gasteiger partial charge in [0.05, 0.1) is 16.8 Å². The lowest BCUT2D eigenvalue weighted by Gasteiger charge is -2.12. The van der Waals surface area contributed by atoms with Gasteiger partial charge < -0.3 is 9.90 Å². The third-order valence-corrected chi connectivity index (χ3v) is 7.28. The smallest absolute Gasteiger partial charge is 0.408 e. The maximum absolute atomic E-state index is 11.6. The maximum atomic E-state index is 11.6. The fourth-order valence-corrected chi connectivity index (χ4v) is 5.20. The Morgan fingerprint density at radius 3 is 1.68 bits per heavy atom. The second kappa shape index (κ2) is 10.7. The molecule has 3 rings (SSSR count). The summed E-state index contributed by atoms with van der Waals surface area (Å²) in [5, 5.41) is 4.04. The first-order valence-corrected chi connectivity index (χ1v) is 11.8. The zero-order valence-electron chi connectivity index (χ0n) is 15.8. The average molecular weight is 487 g/mol. The molecule has 1 N–H and O–H groups in total. The first-order chi connectivity index (χ1) is 14.6. The lowest BCUT2D eigenvalue weighted by molar-refractivity contribution is -0.321. The van der Waals surface area contributed by atoms with Gasteiger partial charge in [0.15, 0.2) is 14.7 Å². The van der Waals surface area contributed by atoms with E-state index in [-0.39, 0.29) is 10.9 Å². The number of halogens is 3. The van der Waals surface area contributed by atoms with Crippen molar-refractivity contribution in [1.82, 2.24) is 0 Å². The van der Waals surface area contributed by atoms with Gasteiger partial charge in [-0.1, -0.05) is 54.6 Å². The van der Waals surface area contributed by atoms with Gasteiger partial charge >= 0.3 is 15.4 Å². The van der Waals surface area contributed by atoms with E-state index in [1.165, 1.54) is 20.2 Å². The zero-order chi connectivity index (χ0) is 23.1. The monoisotopic (exact) mass is 486 g/mol. The number of aliphatic carboxylic acids is 1. The van der Waals surface area contributed by atoms with Crippen LogP contribution in [0, 0.1) is 0 Å². The van der Waals surface area contributed by atoms with Crippen molar-refractivity contribution in [2.24, 2.45) is 0 Å². The molecule has 0 fully saturated rings. The molecule has 0 saturated heterocycles. The Morgan fingerprint density at radius 2 is 1.32 bits per heavy atom. The van der Waals surface area contributed by atoms with Crippen molar-refractivity contribution in [3.05, 3.63) is 90.5 Å². The minimum atomic E-state index is -5.90. The molecule has 3 aromatic rings. The van der Waals surface area contributed by atoms with Gasteiger partial charge in [-0.2, -0.15) is 17.2 Å². The predicted octanol–water partition coefficient (Wildman–Crippen LogP) is 3.74. The van der Waals surface area contributed by atoms with Crippen LogP contribution in [0.2, 0.25) is 0 Å². The number of hydrogen-bond donors (Lipinski definition) is 1. The Labute approximate surface area is 186 Å². The molecule has 5 nitrogen and oxygen atoms in total. The summed E-state index contributed by atoms with van der Waals surface area (Å²) in [7, 11) is -6.01. The molecule has 0 amide bonds. The topological polar surface area (TPSA) is 94.5 Å². The van der Waals surface area contributed by atoms with Crippen molar-refractivity contribution >= 4 is 38.6 Å².